The van der Waals surface area contributed by atoms with Gasteiger partial charge in [0, 0.05) is 0 Å². The van der Waals surface area contributed by atoms with Crippen LogP contribution in [0.5, 0.6) is 0 Å². The van der Waals surface area contributed by atoms with Gasteiger partial charge in [0.25, 0.3) is 0 Å². The van der Waals surface area contributed by atoms with Crippen molar-refractivity contribution in [3.8, 4) is 0 Å². The molecule has 1 aliphatic rings. The van der Waals surface area contributed by atoms with E-state index in [4.69, 9.17) is 4.62 Å². The Kier molecular flexibility index (Phi) is 5.10. The molecule has 0 aromatic heterocycles. The van der Waals surface area contributed by atoms with Crippen molar-refractivity contribution < 1.29 is 4.62 Å². The van der Waals surface area contributed by atoms with Crippen LogP contribution in [0.1, 0.15) is 12.8 Å². The quantitative estimate of drug-likeness (QED) is 0.680. The van der Waals surface area contributed by atoms with Gasteiger partial charge in [0.15, 0.2) is 0 Å². The minimum atomic E-state index is -2.17. The summed E-state index contributed by atoms with van der Waals surface area (Å²) in [5.41, 5.74) is 0. The molecule has 0 aromatic carbocycles. The Morgan fingerprint density at radius 2 is 1.19 bits per heavy atom. The third kappa shape index (κ3) is 2.73. The molecule has 5 nitrogen and oxygen atoms in total. The van der Waals surface area contributed by atoms with Crippen LogP contribution >= 0.6 is 7.94 Å². The molecule has 0 bridgehead atoms. The fourth-order valence-corrected chi connectivity index (χ4v) is 5.82. The van der Waals surface area contributed by atoms with Crippen molar-refractivity contribution in [2.45, 2.75) is 12.8 Å². The van der Waals surface area contributed by atoms with Crippen LogP contribution in [0.15, 0.2) is 0 Å². The summed E-state index contributed by atoms with van der Waals surface area (Å²) in [4.78, 5) is 0. The average Bonchev–Trinajstić information content (AvgIpc) is 2.64. The summed E-state index contributed by atoms with van der Waals surface area (Å²) in [6.07, 6.45) is 2.50. The molecule has 6 heteroatoms. The molecule has 98 valence electrons. The predicted octanol–water partition coefficient (Wildman–Crippen LogP) is 1.11. The van der Waals surface area contributed by atoms with Crippen LogP contribution in [0.3, 0.4) is 0 Å². The number of hydrogen-bond donors (Lipinski definition) is 0. The molecule has 0 radical (unpaired) electrons. The van der Waals surface area contributed by atoms with Crippen LogP contribution in [0, 0.1) is 0 Å². The fraction of sp³-hybridized carbons (Fsp3) is 1.00. The van der Waals surface area contributed by atoms with Crippen molar-refractivity contribution in [2.75, 3.05) is 55.4 Å². The molecule has 0 aromatic rings. The maximum atomic E-state index is 6.33. The summed E-state index contributed by atoms with van der Waals surface area (Å²) in [5.74, 6) is 0. The Balaban J connectivity index is 2.82. The van der Waals surface area contributed by atoms with Crippen molar-refractivity contribution in [3.05, 3.63) is 0 Å². The van der Waals surface area contributed by atoms with Gasteiger partial charge in [-0.1, -0.05) is 0 Å². The van der Waals surface area contributed by atoms with E-state index in [1.165, 1.54) is 12.8 Å². The maximum absolute atomic E-state index is 6.33. The average molecular weight is 250 g/mol. The van der Waals surface area contributed by atoms with E-state index < -0.39 is 7.94 Å². The van der Waals surface area contributed by atoms with Crippen LogP contribution in [0.4, 0.5) is 0 Å². The second-order valence-corrected chi connectivity index (χ2v) is 9.00. The molecule has 0 saturated carbocycles. The molecule has 0 N–H and O–H groups in total. The van der Waals surface area contributed by atoms with Gasteiger partial charge in [-0.15, -0.1) is 0 Å². The van der Waals surface area contributed by atoms with Crippen molar-refractivity contribution in [2.24, 2.45) is 0 Å². The van der Waals surface area contributed by atoms with E-state index in [9.17, 15) is 0 Å². The number of hydroxylamine groups is 2. The Hall–Kier alpha value is 0.230. The Morgan fingerprint density at radius 3 is 1.50 bits per heavy atom. The number of nitrogens with zero attached hydrogens (tertiary/aromatic N) is 4. The van der Waals surface area contributed by atoms with Gasteiger partial charge in [-0.05, 0) is 0 Å². The van der Waals surface area contributed by atoms with Gasteiger partial charge < -0.3 is 0 Å². The van der Waals surface area contributed by atoms with E-state index in [1.54, 1.807) is 0 Å². The molecular formula is C10H27N4OP. The third-order valence-corrected chi connectivity index (χ3v) is 7.06. The van der Waals surface area contributed by atoms with Gasteiger partial charge in [-0.3, -0.25) is 0 Å². The SMILES string of the molecule is CN(C)[PH](ON1CCCC1)(N(C)C)N(C)C. The number of hydrogen-bond acceptors (Lipinski definition) is 5. The molecule has 1 aliphatic heterocycles. The van der Waals surface area contributed by atoms with Crippen molar-refractivity contribution in [1.82, 2.24) is 19.1 Å². The van der Waals surface area contributed by atoms with Crippen molar-refractivity contribution in [3.63, 3.8) is 0 Å². The van der Waals surface area contributed by atoms with Gasteiger partial charge in [0.05, 0.1) is 0 Å². The molecule has 0 spiro atoms. The van der Waals surface area contributed by atoms with E-state index in [2.05, 4.69) is 61.4 Å². The van der Waals surface area contributed by atoms with Gasteiger partial charge in [0.2, 0.25) is 0 Å². The van der Waals surface area contributed by atoms with Gasteiger partial charge in [-0.2, -0.15) is 0 Å². The molecule has 1 saturated heterocycles. The van der Waals surface area contributed by atoms with E-state index in [1.807, 2.05) is 0 Å². The first-order valence-electron chi connectivity index (χ1n) is 5.87. The van der Waals surface area contributed by atoms with E-state index in [0.717, 1.165) is 13.1 Å². The Morgan fingerprint density at radius 1 is 0.812 bits per heavy atom. The Labute approximate surface area is 100 Å². The molecular weight excluding hydrogens is 223 g/mol. The molecule has 1 rings (SSSR count). The standard InChI is InChI=1S/C10H27N4OP/c1-11(2)16(12(3)4,13(5)6)15-14-9-7-8-10-14/h16H,7-10H2,1-6H3. The second-order valence-electron chi connectivity index (χ2n) is 4.98. The molecule has 0 aliphatic carbocycles. The third-order valence-electron chi connectivity index (χ3n) is 3.06. The first kappa shape index (κ1) is 14.3. The topological polar surface area (TPSA) is 22.2 Å². The molecule has 0 unspecified atom stereocenters. The van der Waals surface area contributed by atoms with Gasteiger partial charge >= 0.3 is 99.9 Å². The zero-order chi connectivity index (χ0) is 12.3. The normalized spacial score (nSPS) is 20.3. The zero-order valence-corrected chi connectivity index (χ0v) is 12.5. The van der Waals surface area contributed by atoms with Crippen LogP contribution in [0.2, 0.25) is 0 Å². The summed E-state index contributed by atoms with van der Waals surface area (Å²) in [5, 5.41) is 2.13. The fourth-order valence-electron chi connectivity index (χ4n) is 2.40. The molecule has 16 heavy (non-hydrogen) atoms. The number of rotatable bonds is 5. The van der Waals surface area contributed by atoms with Crippen LogP contribution in [0.25, 0.3) is 0 Å². The summed E-state index contributed by atoms with van der Waals surface area (Å²) >= 11 is 0. The van der Waals surface area contributed by atoms with Crippen molar-refractivity contribution >= 4 is 7.94 Å². The summed E-state index contributed by atoms with van der Waals surface area (Å²) in [6, 6.07) is 0. The van der Waals surface area contributed by atoms with Crippen molar-refractivity contribution in [1.29, 1.82) is 0 Å². The van der Waals surface area contributed by atoms with Crippen LogP contribution in [-0.2, 0) is 4.62 Å². The predicted molar refractivity (Wildman–Crippen MR) is 71.3 cm³/mol. The van der Waals surface area contributed by atoms with Gasteiger partial charge in [-0.25, -0.2) is 0 Å². The Bertz CT molecular complexity index is 195. The second kappa shape index (κ2) is 5.71. The molecule has 1 heterocycles. The monoisotopic (exact) mass is 250 g/mol. The first-order chi connectivity index (χ1) is 7.41. The van der Waals surface area contributed by atoms with E-state index >= 15 is 0 Å². The minimum absolute atomic E-state index is 1.06. The van der Waals surface area contributed by atoms with Gasteiger partial charge in [0.1, 0.15) is 0 Å². The van der Waals surface area contributed by atoms with Crippen LogP contribution in [-0.4, -0.2) is 74.5 Å². The zero-order valence-electron chi connectivity index (χ0n) is 11.5. The molecule has 0 amide bonds. The molecule has 0 atom stereocenters. The summed E-state index contributed by atoms with van der Waals surface area (Å²) in [6.45, 7) is 2.12. The van der Waals surface area contributed by atoms with E-state index in [0.29, 0.717) is 0 Å². The summed E-state index contributed by atoms with van der Waals surface area (Å²) in [7, 11) is 10.4. The van der Waals surface area contributed by atoms with E-state index in [-0.39, 0.29) is 0 Å². The summed E-state index contributed by atoms with van der Waals surface area (Å²) < 4.78 is 13.0. The molecule has 1 fully saturated rings. The van der Waals surface area contributed by atoms with Crippen LogP contribution < -0.4 is 0 Å². The first-order valence-corrected chi connectivity index (χ1v) is 7.62.